The number of hydrogen-bond donors (Lipinski definition) is 5. The predicted octanol–water partition coefficient (Wildman–Crippen LogP) is 0.406. The number of nitrogens with one attached hydrogen (secondary N) is 3. The third-order valence-corrected chi connectivity index (χ3v) is 3.08. The molecule has 0 aliphatic heterocycles. The van der Waals surface area contributed by atoms with Crippen LogP contribution in [0.5, 0.6) is 0 Å². The number of alkyl halides is 3. The van der Waals surface area contributed by atoms with Crippen LogP contribution in [0, 0.1) is 5.92 Å². The monoisotopic (exact) mass is 357 g/mol. The van der Waals surface area contributed by atoms with Gasteiger partial charge in [-0.15, -0.1) is 0 Å². The SMILES string of the molecule is CC(C)C[C@H](NC(=O)CC(N[C@@H](C)C(=O)NO)C(F)(F)F)C(=O)O. The third kappa shape index (κ3) is 8.11. The summed E-state index contributed by atoms with van der Waals surface area (Å²) in [6, 6.07) is -5.09. The average molecular weight is 357 g/mol. The van der Waals surface area contributed by atoms with Crippen LogP contribution in [-0.2, 0) is 14.4 Å². The summed E-state index contributed by atoms with van der Waals surface area (Å²) in [5, 5.41) is 21.3. The zero-order valence-corrected chi connectivity index (χ0v) is 13.5. The van der Waals surface area contributed by atoms with Gasteiger partial charge in [0.2, 0.25) is 5.91 Å². The van der Waals surface area contributed by atoms with Crippen molar-refractivity contribution in [1.29, 1.82) is 0 Å². The molecule has 0 saturated heterocycles. The first-order valence-electron chi connectivity index (χ1n) is 7.17. The quantitative estimate of drug-likeness (QED) is 0.300. The van der Waals surface area contributed by atoms with Gasteiger partial charge in [-0.05, 0) is 19.3 Å². The van der Waals surface area contributed by atoms with Crippen LogP contribution >= 0.6 is 0 Å². The lowest BCUT2D eigenvalue weighted by molar-refractivity contribution is -0.165. The number of amides is 2. The molecule has 24 heavy (non-hydrogen) atoms. The number of hydrogen-bond acceptors (Lipinski definition) is 5. The lowest BCUT2D eigenvalue weighted by Gasteiger charge is -2.25. The first-order chi connectivity index (χ1) is 10.9. The Bertz CT molecular complexity index is 457. The van der Waals surface area contributed by atoms with Crippen molar-refractivity contribution >= 4 is 17.8 Å². The molecule has 0 bridgehead atoms. The molecule has 0 heterocycles. The van der Waals surface area contributed by atoms with E-state index in [1.165, 1.54) is 5.48 Å². The van der Waals surface area contributed by atoms with Gasteiger partial charge in [-0.2, -0.15) is 13.2 Å². The number of hydroxylamine groups is 1. The van der Waals surface area contributed by atoms with Crippen LogP contribution in [0.25, 0.3) is 0 Å². The number of carbonyl (C=O) groups excluding carboxylic acids is 2. The normalized spacial score (nSPS) is 15.5. The summed E-state index contributed by atoms with van der Waals surface area (Å²) in [6.45, 7) is 4.48. The van der Waals surface area contributed by atoms with Crippen LogP contribution in [0.2, 0.25) is 0 Å². The number of carboxylic acids is 1. The van der Waals surface area contributed by atoms with Gasteiger partial charge in [0.1, 0.15) is 12.1 Å². The van der Waals surface area contributed by atoms with Crippen molar-refractivity contribution in [3.63, 3.8) is 0 Å². The molecule has 11 heteroatoms. The Morgan fingerprint density at radius 1 is 1.12 bits per heavy atom. The average Bonchev–Trinajstić information content (AvgIpc) is 2.43. The van der Waals surface area contributed by atoms with E-state index in [2.05, 4.69) is 0 Å². The first kappa shape index (κ1) is 22.1. The number of halogens is 3. The van der Waals surface area contributed by atoms with Crippen molar-refractivity contribution in [1.82, 2.24) is 16.1 Å². The summed E-state index contributed by atoms with van der Waals surface area (Å²) in [7, 11) is 0. The summed E-state index contributed by atoms with van der Waals surface area (Å²) in [4.78, 5) is 33.9. The molecule has 0 aromatic heterocycles. The Labute approximate surface area is 136 Å². The number of carbonyl (C=O) groups is 3. The minimum Gasteiger partial charge on any atom is -0.480 e. The molecule has 140 valence electrons. The van der Waals surface area contributed by atoms with E-state index in [9.17, 15) is 27.6 Å². The lowest BCUT2D eigenvalue weighted by atomic mass is 10.0. The molecule has 0 fully saturated rings. The third-order valence-electron chi connectivity index (χ3n) is 3.08. The second-order valence-electron chi connectivity index (χ2n) is 5.75. The van der Waals surface area contributed by atoms with Crippen LogP contribution in [0.1, 0.15) is 33.6 Å². The van der Waals surface area contributed by atoms with Gasteiger partial charge in [0.05, 0.1) is 12.5 Å². The minimum atomic E-state index is -4.85. The zero-order chi connectivity index (χ0) is 19.1. The van der Waals surface area contributed by atoms with Gasteiger partial charge in [0.25, 0.3) is 5.91 Å². The maximum atomic E-state index is 13.0. The van der Waals surface area contributed by atoms with Crippen LogP contribution in [0.3, 0.4) is 0 Å². The highest BCUT2D eigenvalue weighted by atomic mass is 19.4. The highest BCUT2D eigenvalue weighted by molar-refractivity contribution is 5.84. The Morgan fingerprint density at radius 3 is 2.04 bits per heavy atom. The molecule has 0 rings (SSSR count). The highest BCUT2D eigenvalue weighted by Crippen LogP contribution is 2.23. The summed E-state index contributed by atoms with van der Waals surface area (Å²) in [6.07, 6.45) is -5.89. The fraction of sp³-hybridized carbons (Fsp3) is 0.769. The maximum Gasteiger partial charge on any atom is 0.404 e. The van der Waals surface area contributed by atoms with Crippen molar-refractivity contribution in [3.05, 3.63) is 0 Å². The minimum absolute atomic E-state index is 0.0640. The van der Waals surface area contributed by atoms with E-state index in [0.29, 0.717) is 0 Å². The molecule has 0 aliphatic carbocycles. The van der Waals surface area contributed by atoms with Crippen LogP contribution in [0.15, 0.2) is 0 Å². The van der Waals surface area contributed by atoms with E-state index in [-0.39, 0.29) is 12.3 Å². The summed E-state index contributed by atoms with van der Waals surface area (Å²) in [5.74, 6) is -3.65. The smallest absolute Gasteiger partial charge is 0.404 e. The maximum absolute atomic E-state index is 13.0. The molecule has 0 aromatic rings. The van der Waals surface area contributed by atoms with Gasteiger partial charge in [0.15, 0.2) is 0 Å². The lowest BCUT2D eigenvalue weighted by Crippen LogP contribution is -2.54. The largest absolute Gasteiger partial charge is 0.480 e. The standard InChI is InChI=1S/C13H22F3N3O5/c1-6(2)4-8(12(22)23)18-10(20)5-9(13(14,15)16)17-7(3)11(21)19-24/h6-9,17,24H,4-5H2,1-3H3,(H,18,20)(H,19,21)(H,22,23)/t7-,8-,9?/m0/s1. The van der Waals surface area contributed by atoms with Gasteiger partial charge in [-0.25, -0.2) is 10.3 Å². The van der Waals surface area contributed by atoms with Gasteiger partial charge >= 0.3 is 12.1 Å². The van der Waals surface area contributed by atoms with Crippen molar-refractivity contribution < 1.29 is 37.9 Å². The Morgan fingerprint density at radius 2 is 1.67 bits per heavy atom. The van der Waals surface area contributed by atoms with E-state index < -0.39 is 48.5 Å². The number of aliphatic carboxylic acids is 1. The molecule has 5 N–H and O–H groups in total. The van der Waals surface area contributed by atoms with Crippen molar-refractivity contribution in [2.45, 2.75) is 57.9 Å². The Hall–Kier alpha value is -1.88. The molecular formula is C13H22F3N3O5. The van der Waals surface area contributed by atoms with Gasteiger partial charge < -0.3 is 10.4 Å². The number of carboxylic acid groups (broad SMARTS) is 1. The molecule has 0 spiro atoms. The first-order valence-corrected chi connectivity index (χ1v) is 7.17. The van der Waals surface area contributed by atoms with Crippen LogP contribution < -0.4 is 16.1 Å². The molecule has 8 nitrogen and oxygen atoms in total. The second kappa shape index (κ2) is 9.42. The van der Waals surface area contributed by atoms with E-state index in [1.54, 1.807) is 13.8 Å². The van der Waals surface area contributed by atoms with E-state index in [4.69, 9.17) is 10.3 Å². The van der Waals surface area contributed by atoms with Gasteiger partial charge in [0, 0.05) is 0 Å². The molecule has 2 amide bonds. The summed E-state index contributed by atoms with van der Waals surface area (Å²) >= 11 is 0. The Balaban J connectivity index is 4.93. The molecular weight excluding hydrogens is 335 g/mol. The predicted molar refractivity (Wildman–Crippen MR) is 76.0 cm³/mol. The van der Waals surface area contributed by atoms with Gasteiger partial charge in [-0.1, -0.05) is 13.8 Å². The molecule has 1 unspecified atom stereocenters. The molecule has 0 radical (unpaired) electrons. The summed E-state index contributed by atoms with van der Waals surface area (Å²) in [5.41, 5.74) is 1.20. The summed E-state index contributed by atoms with van der Waals surface area (Å²) < 4.78 is 38.9. The van der Waals surface area contributed by atoms with Crippen molar-refractivity contribution in [2.75, 3.05) is 0 Å². The number of rotatable bonds is 9. The molecule has 0 aromatic carbocycles. The fourth-order valence-electron chi connectivity index (χ4n) is 1.87. The van der Waals surface area contributed by atoms with E-state index in [0.717, 1.165) is 6.92 Å². The highest BCUT2D eigenvalue weighted by Gasteiger charge is 2.42. The van der Waals surface area contributed by atoms with Gasteiger partial charge in [-0.3, -0.25) is 20.1 Å². The topological polar surface area (TPSA) is 128 Å². The molecule has 0 aliphatic rings. The van der Waals surface area contributed by atoms with Crippen molar-refractivity contribution in [2.24, 2.45) is 5.92 Å². The molecule has 0 saturated carbocycles. The molecule has 3 atom stereocenters. The van der Waals surface area contributed by atoms with E-state index >= 15 is 0 Å². The van der Waals surface area contributed by atoms with Crippen molar-refractivity contribution in [3.8, 4) is 0 Å². The second-order valence-corrected chi connectivity index (χ2v) is 5.75. The Kier molecular flexibility index (Phi) is 8.69. The fourth-order valence-corrected chi connectivity index (χ4v) is 1.87. The zero-order valence-electron chi connectivity index (χ0n) is 13.5. The van der Waals surface area contributed by atoms with E-state index in [1.807, 2.05) is 10.6 Å². The van der Waals surface area contributed by atoms with Crippen LogP contribution in [-0.4, -0.2) is 52.4 Å². The van der Waals surface area contributed by atoms with Crippen LogP contribution in [0.4, 0.5) is 13.2 Å².